The lowest BCUT2D eigenvalue weighted by molar-refractivity contribution is -0.131. The number of aromatic nitrogens is 4. The van der Waals surface area contributed by atoms with E-state index >= 15 is 0 Å². The maximum absolute atomic E-state index is 10.7. The minimum Gasteiger partial charge on any atom is -0.478 e. The molecule has 0 spiro atoms. The van der Waals surface area contributed by atoms with Crippen molar-refractivity contribution in [2.24, 2.45) is 0 Å². The minimum absolute atomic E-state index is 0.396. The maximum Gasteiger partial charge on any atom is 0.328 e. The first-order chi connectivity index (χ1) is 11.0. The van der Waals surface area contributed by atoms with Crippen LogP contribution in [0.15, 0.2) is 6.08 Å². The fourth-order valence-electron chi connectivity index (χ4n) is 3.32. The molecule has 1 aliphatic carbocycles. The highest BCUT2D eigenvalue weighted by atomic mass is 32.1. The van der Waals surface area contributed by atoms with Gasteiger partial charge in [-0.25, -0.2) is 14.8 Å². The smallest absolute Gasteiger partial charge is 0.328 e. The van der Waals surface area contributed by atoms with Gasteiger partial charge in [0.2, 0.25) is 0 Å². The van der Waals surface area contributed by atoms with Crippen molar-refractivity contribution in [3.05, 3.63) is 28.2 Å². The molecule has 6 nitrogen and oxygen atoms in total. The Bertz CT molecular complexity index is 970. The van der Waals surface area contributed by atoms with Crippen LogP contribution in [-0.4, -0.2) is 30.7 Å². The molecule has 0 fully saturated rings. The van der Waals surface area contributed by atoms with Gasteiger partial charge in [-0.2, -0.15) is 4.52 Å². The normalized spacial score (nSPS) is 18.1. The van der Waals surface area contributed by atoms with Crippen molar-refractivity contribution in [1.29, 1.82) is 0 Å². The van der Waals surface area contributed by atoms with Crippen LogP contribution in [0.2, 0.25) is 0 Å². The number of rotatable bonds is 2. The standard InChI is InChI=1S/C16H16N4O2S/c1-8-4-3-5-10-13(8)14-15-18-11(6-7-12(21)22)19-20(15)9(2)17-16(14)23-10/h6-8H,3-5H2,1-2H3,(H,21,22)/b7-6+/t8-/m1/s1. The van der Waals surface area contributed by atoms with Crippen molar-refractivity contribution in [2.45, 2.75) is 39.0 Å². The zero-order valence-electron chi connectivity index (χ0n) is 12.9. The molecule has 1 N–H and O–H groups in total. The summed E-state index contributed by atoms with van der Waals surface area (Å²) in [6.07, 6.45) is 5.98. The number of hydrogen-bond donors (Lipinski definition) is 1. The van der Waals surface area contributed by atoms with Crippen LogP contribution in [0.1, 0.15) is 47.8 Å². The first-order valence-corrected chi connectivity index (χ1v) is 8.46. The first-order valence-electron chi connectivity index (χ1n) is 7.64. The number of thiophene rings is 1. The third kappa shape index (κ3) is 2.23. The highest BCUT2D eigenvalue weighted by Gasteiger charge is 2.25. The van der Waals surface area contributed by atoms with E-state index in [1.807, 2.05) is 6.92 Å². The van der Waals surface area contributed by atoms with Crippen LogP contribution < -0.4 is 0 Å². The Kier molecular flexibility index (Phi) is 3.19. The zero-order chi connectivity index (χ0) is 16.1. The molecule has 23 heavy (non-hydrogen) atoms. The number of fused-ring (bicyclic) bond motifs is 5. The first kappa shape index (κ1) is 14.3. The van der Waals surface area contributed by atoms with E-state index in [1.54, 1.807) is 15.9 Å². The molecule has 4 rings (SSSR count). The van der Waals surface area contributed by atoms with E-state index in [0.29, 0.717) is 11.7 Å². The summed E-state index contributed by atoms with van der Waals surface area (Å²) in [5.74, 6) is 0.648. The molecule has 1 atom stereocenters. The van der Waals surface area contributed by atoms with Gasteiger partial charge in [-0.3, -0.25) is 0 Å². The average Bonchev–Trinajstić information content (AvgIpc) is 3.06. The number of carboxylic acids is 1. The third-order valence-corrected chi connectivity index (χ3v) is 5.49. The summed E-state index contributed by atoms with van der Waals surface area (Å²) in [6, 6.07) is 0. The predicted molar refractivity (Wildman–Crippen MR) is 88.9 cm³/mol. The Balaban J connectivity index is 2.03. The van der Waals surface area contributed by atoms with Crippen LogP contribution in [0, 0.1) is 6.92 Å². The Morgan fingerprint density at radius 1 is 1.43 bits per heavy atom. The average molecular weight is 328 g/mol. The Morgan fingerprint density at radius 3 is 3.04 bits per heavy atom. The molecule has 1 aliphatic rings. The van der Waals surface area contributed by atoms with Gasteiger partial charge in [-0.15, -0.1) is 16.4 Å². The van der Waals surface area contributed by atoms with Crippen molar-refractivity contribution < 1.29 is 9.90 Å². The Morgan fingerprint density at radius 2 is 2.26 bits per heavy atom. The summed E-state index contributed by atoms with van der Waals surface area (Å²) >= 11 is 1.76. The molecule has 0 amide bonds. The SMILES string of the molecule is Cc1nc2sc3c(c2c2nc(/C=C/C(=O)O)nn12)[C@H](C)CCC3. The van der Waals surface area contributed by atoms with E-state index in [9.17, 15) is 4.79 Å². The highest BCUT2D eigenvalue weighted by molar-refractivity contribution is 7.19. The van der Waals surface area contributed by atoms with Crippen LogP contribution >= 0.6 is 11.3 Å². The summed E-state index contributed by atoms with van der Waals surface area (Å²) in [5.41, 5.74) is 2.14. The third-order valence-electron chi connectivity index (χ3n) is 4.33. The zero-order valence-corrected chi connectivity index (χ0v) is 13.7. The fraction of sp³-hybridized carbons (Fsp3) is 0.375. The monoisotopic (exact) mass is 328 g/mol. The van der Waals surface area contributed by atoms with Crippen LogP contribution in [0.25, 0.3) is 21.9 Å². The van der Waals surface area contributed by atoms with Crippen LogP contribution in [-0.2, 0) is 11.2 Å². The van der Waals surface area contributed by atoms with Crippen molar-refractivity contribution >= 4 is 39.2 Å². The summed E-state index contributed by atoms with van der Waals surface area (Å²) in [5, 5.41) is 14.2. The van der Waals surface area contributed by atoms with E-state index in [1.165, 1.54) is 29.4 Å². The van der Waals surface area contributed by atoms with Gasteiger partial charge in [0, 0.05) is 11.0 Å². The number of carboxylic acid groups (broad SMARTS) is 1. The minimum atomic E-state index is -1.01. The molecule has 0 aliphatic heterocycles. The molecule has 0 saturated carbocycles. The molecule has 0 bridgehead atoms. The summed E-state index contributed by atoms with van der Waals surface area (Å²) < 4.78 is 1.72. The van der Waals surface area contributed by atoms with E-state index in [-0.39, 0.29) is 0 Å². The molecule has 0 aromatic carbocycles. The van der Waals surface area contributed by atoms with E-state index < -0.39 is 5.97 Å². The number of nitrogens with zero attached hydrogens (tertiary/aromatic N) is 4. The molecule has 7 heteroatoms. The van der Waals surface area contributed by atoms with Crippen LogP contribution in [0.3, 0.4) is 0 Å². The summed E-state index contributed by atoms with van der Waals surface area (Å²) in [6.45, 7) is 4.15. The second kappa shape index (κ2) is 5.13. The fourth-order valence-corrected chi connectivity index (χ4v) is 4.69. The highest BCUT2D eigenvalue weighted by Crippen LogP contribution is 2.42. The van der Waals surface area contributed by atoms with E-state index in [4.69, 9.17) is 10.1 Å². The molecule has 3 heterocycles. The number of aryl methyl sites for hydroxylation is 2. The van der Waals surface area contributed by atoms with Gasteiger partial charge in [0.1, 0.15) is 10.7 Å². The summed E-state index contributed by atoms with van der Waals surface area (Å²) in [4.78, 5) is 22.4. The van der Waals surface area contributed by atoms with Gasteiger partial charge < -0.3 is 5.11 Å². The molecule has 118 valence electrons. The van der Waals surface area contributed by atoms with Gasteiger partial charge in [-0.1, -0.05) is 6.92 Å². The van der Waals surface area contributed by atoms with Crippen molar-refractivity contribution in [2.75, 3.05) is 0 Å². The van der Waals surface area contributed by atoms with Crippen molar-refractivity contribution in [1.82, 2.24) is 19.6 Å². The molecular formula is C16H16N4O2S. The molecule has 3 aromatic rings. The van der Waals surface area contributed by atoms with E-state index in [0.717, 1.165) is 34.2 Å². The second-order valence-electron chi connectivity index (χ2n) is 5.95. The maximum atomic E-state index is 10.7. The predicted octanol–water partition coefficient (Wildman–Crippen LogP) is 3.19. The Hall–Kier alpha value is -2.28. The van der Waals surface area contributed by atoms with Gasteiger partial charge in [0.25, 0.3) is 0 Å². The van der Waals surface area contributed by atoms with Gasteiger partial charge >= 0.3 is 5.97 Å². The topological polar surface area (TPSA) is 80.4 Å². The largest absolute Gasteiger partial charge is 0.478 e. The lowest BCUT2D eigenvalue weighted by atomic mass is 9.87. The van der Waals surface area contributed by atoms with Crippen molar-refractivity contribution in [3.63, 3.8) is 0 Å². The molecule has 0 saturated heterocycles. The summed E-state index contributed by atoms with van der Waals surface area (Å²) in [7, 11) is 0. The van der Waals surface area contributed by atoms with E-state index in [2.05, 4.69) is 17.0 Å². The van der Waals surface area contributed by atoms with Crippen LogP contribution in [0.4, 0.5) is 0 Å². The molecular weight excluding hydrogens is 312 g/mol. The van der Waals surface area contributed by atoms with Gasteiger partial charge in [-0.05, 0) is 43.7 Å². The van der Waals surface area contributed by atoms with Gasteiger partial charge in [0.05, 0.1) is 5.39 Å². The molecule has 0 unspecified atom stereocenters. The Labute approximate surface area is 136 Å². The second-order valence-corrected chi connectivity index (χ2v) is 7.03. The lowest BCUT2D eigenvalue weighted by Gasteiger charge is -2.18. The number of aliphatic carboxylic acids is 1. The number of hydrogen-bond acceptors (Lipinski definition) is 5. The van der Waals surface area contributed by atoms with Crippen molar-refractivity contribution in [3.8, 4) is 0 Å². The lowest BCUT2D eigenvalue weighted by Crippen LogP contribution is -2.05. The van der Waals surface area contributed by atoms with Crippen LogP contribution in [0.5, 0.6) is 0 Å². The quantitative estimate of drug-likeness (QED) is 0.731. The molecule has 3 aromatic heterocycles. The molecule has 0 radical (unpaired) electrons. The number of carbonyl (C=O) groups is 1. The van der Waals surface area contributed by atoms with Gasteiger partial charge in [0.15, 0.2) is 11.5 Å².